The molecule has 0 radical (unpaired) electrons. The lowest BCUT2D eigenvalue weighted by Crippen LogP contribution is -2.53. The van der Waals surface area contributed by atoms with Crippen molar-refractivity contribution in [2.75, 3.05) is 39.3 Å². The van der Waals surface area contributed by atoms with E-state index < -0.39 is 17.5 Å². The minimum Gasteiger partial charge on any atom is -0.339 e. The van der Waals surface area contributed by atoms with Crippen molar-refractivity contribution < 1.29 is 18.4 Å². The van der Waals surface area contributed by atoms with Crippen molar-refractivity contribution in [3.63, 3.8) is 0 Å². The molecule has 0 aromatic heterocycles. The molecule has 2 fully saturated rings. The summed E-state index contributed by atoms with van der Waals surface area (Å²) in [6, 6.07) is 2.95. The van der Waals surface area contributed by atoms with Crippen LogP contribution < -0.4 is 5.32 Å². The van der Waals surface area contributed by atoms with Crippen LogP contribution in [0.25, 0.3) is 0 Å². The molecule has 1 N–H and O–H groups in total. The van der Waals surface area contributed by atoms with Crippen LogP contribution in [0, 0.1) is 17.6 Å². The summed E-state index contributed by atoms with van der Waals surface area (Å²) < 4.78 is 26.7. The third-order valence-electron chi connectivity index (χ3n) is 4.69. The quantitative estimate of drug-likeness (QED) is 0.884. The van der Waals surface area contributed by atoms with E-state index in [0.29, 0.717) is 38.8 Å². The van der Waals surface area contributed by atoms with Crippen LogP contribution in [-0.4, -0.2) is 60.9 Å². The Balaban J connectivity index is 1.58. The van der Waals surface area contributed by atoms with Gasteiger partial charge < -0.3 is 15.1 Å². The molecule has 2 saturated heterocycles. The first-order valence-corrected chi connectivity index (χ1v) is 8.30. The number of carbonyl (C=O) groups is 2. The van der Waals surface area contributed by atoms with Gasteiger partial charge in [0, 0.05) is 38.8 Å². The van der Waals surface area contributed by atoms with Crippen molar-refractivity contribution in [2.45, 2.75) is 12.8 Å². The van der Waals surface area contributed by atoms with Gasteiger partial charge >= 0.3 is 0 Å². The number of amides is 2. The van der Waals surface area contributed by atoms with Gasteiger partial charge in [-0.1, -0.05) is 0 Å². The zero-order chi connectivity index (χ0) is 17.1. The summed E-state index contributed by atoms with van der Waals surface area (Å²) in [6.45, 7) is 3.28. The zero-order valence-electron chi connectivity index (χ0n) is 13.4. The van der Waals surface area contributed by atoms with Crippen molar-refractivity contribution in [3.8, 4) is 0 Å². The maximum absolute atomic E-state index is 13.7. The van der Waals surface area contributed by atoms with E-state index in [0.717, 1.165) is 31.5 Å². The Morgan fingerprint density at radius 1 is 1.08 bits per heavy atom. The van der Waals surface area contributed by atoms with E-state index >= 15 is 0 Å². The number of piperidine rings is 1. The minimum atomic E-state index is -0.855. The molecule has 2 amide bonds. The van der Waals surface area contributed by atoms with Gasteiger partial charge in [-0.25, -0.2) is 8.78 Å². The van der Waals surface area contributed by atoms with E-state index in [9.17, 15) is 18.4 Å². The Hall–Kier alpha value is -2.02. The van der Waals surface area contributed by atoms with E-state index in [-0.39, 0.29) is 17.4 Å². The predicted octanol–water partition coefficient (Wildman–Crippen LogP) is 1.25. The predicted molar refractivity (Wildman–Crippen MR) is 84.4 cm³/mol. The average molecular weight is 337 g/mol. The number of nitrogens with one attached hydrogen (secondary N) is 1. The van der Waals surface area contributed by atoms with Crippen LogP contribution >= 0.6 is 0 Å². The molecule has 2 heterocycles. The van der Waals surface area contributed by atoms with Gasteiger partial charge in [-0.2, -0.15) is 0 Å². The molecule has 3 rings (SSSR count). The third kappa shape index (κ3) is 3.56. The van der Waals surface area contributed by atoms with E-state index in [1.54, 1.807) is 4.90 Å². The lowest BCUT2D eigenvalue weighted by atomic mass is 9.98. The van der Waals surface area contributed by atoms with Gasteiger partial charge in [-0.3, -0.25) is 9.59 Å². The molecule has 7 heteroatoms. The highest BCUT2D eigenvalue weighted by Crippen LogP contribution is 2.17. The first-order chi connectivity index (χ1) is 11.6. The van der Waals surface area contributed by atoms with Crippen LogP contribution in [0.1, 0.15) is 23.2 Å². The average Bonchev–Trinajstić information content (AvgIpc) is 2.61. The standard InChI is InChI=1S/C17H21F2N3O2/c18-13-3-4-14(15(19)10-13)17(24)22-8-6-21(7-9-22)16(23)12-2-1-5-20-11-12/h3-4,10,12,20H,1-2,5-9,11H2. The molecule has 0 saturated carbocycles. The first kappa shape index (κ1) is 16.8. The largest absolute Gasteiger partial charge is 0.339 e. The highest BCUT2D eigenvalue weighted by atomic mass is 19.1. The topological polar surface area (TPSA) is 52.7 Å². The fourth-order valence-corrected chi connectivity index (χ4v) is 3.28. The molecule has 5 nitrogen and oxygen atoms in total. The Labute approximate surface area is 139 Å². The van der Waals surface area contributed by atoms with Gasteiger partial charge in [0.05, 0.1) is 11.5 Å². The fraction of sp³-hybridized carbons (Fsp3) is 0.529. The summed E-state index contributed by atoms with van der Waals surface area (Å²) in [5, 5.41) is 3.23. The first-order valence-electron chi connectivity index (χ1n) is 8.30. The van der Waals surface area contributed by atoms with E-state index in [2.05, 4.69) is 5.32 Å². The van der Waals surface area contributed by atoms with Crippen molar-refractivity contribution >= 4 is 11.8 Å². The van der Waals surface area contributed by atoms with Gasteiger partial charge in [0.1, 0.15) is 11.6 Å². The van der Waals surface area contributed by atoms with Crippen LogP contribution in [0.4, 0.5) is 8.78 Å². The number of hydrogen-bond acceptors (Lipinski definition) is 3. The summed E-state index contributed by atoms with van der Waals surface area (Å²) in [5.74, 6) is -1.89. The summed E-state index contributed by atoms with van der Waals surface area (Å²) in [7, 11) is 0. The van der Waals surface area contributed by atoms with E-state index in [4.69, 9.17) is 0 Å². The lowest BCUT2D eigenvalue weighted by Gasteiger charge is -2.37. The molecule has 0 bridgehead atoms. The van der Waals surface area contributed by atoms with Gasteiger partial charge in [-0.15, -0.1) is 0 Å². The Morgan fingerprint density at radius 3 is 2.42 bits per heavy atom. The van der Waals surface area contributed by atoms with Crippen molar-refractivity contribution in [3.05, 3.63) is 35.4 Å². The number of carbonyl (C=O) groups excluding carboxylic acids is 2. The van der Waals surface area contributed by atoms with E-state index in [1.165, 1.54) is 4.90 Å². The number of piperazine rings is 1. The SMILES string of the molecule is O=C(c1ccc(F)cc1F)N1CCN(C(=O)C2CCCNC2)CC1. The molecule has 1 aromatic rings. The molecule has 2 aliphatic rings. The van der Waals surface area contributed by atoms with Crippen LogP contribution in [-0.2, 0) is 4.79 Å². The molecule has 130 valence electrons. The Kier molecular flexibility index (Phi) is 5.08. The molecule has 24 heavy (non-hydrogen) atoms. The number of hydrogen-bond donors (Lipinski definition) is 1. The smallest absolute Gasteiger partial charge is 0.256 e. The van der Waals surface area contributed by atoms with Crippen LogP contribution in [0.5, 0.6) is 0 Å². The second-order valence-corrected chi connectivity index (χ2v) is 6.28. The summed E-state index contributed by atoms with van der Waals surface area (Å²) >= 11 is 0. The number of benzene rings is 1. The highest BCUT2D eigenvalue weighted by molar-refractivity contribution is 5.94. The molecular formula is C17H21F2N3O2. The summed E-state index contributed by atoms with van der Waals surface area (Å²) in [4.78, 5) is 28.1. The molecule has 1 unspecified atom stereocenters. The summed E-state index contributed by atoms with van der Waals surface area (Å²) in [6.07, 6.45) is 1.89. The number of nitrogens with zero attached hydrogens (tertiary/aromatic N) is 2. The Bertz CT molecular complexity index is 624. The van der Waals surface area contributed by atoms with E-state index in [1.807, 2.05) is 0 Å². The summed E-state index contributed by atoms with van der Waals surface area (Å²) in [5.41, 5.74) is -0.132. The van der Waals surface area contributed by atoms with Crippen LogP contribution in [0.2, 0.25) is 0 Å². The van der Waals surface area contributed by atoms with Crippen molar-refractivity contribution in [2.24, 2.45) is 5.92 Å². The molecule has 1 atom stereocenters. The Morgan fingerprint density at radius 2 is 1.79 bits per heavy atom. The number of halogens is 2. The monoisotopic (exact) mass is 337 g/mol. The molecule has 0 spiro atoms. The lowest BCUT2D eigenvalue weighted by molar-refractivity contribution is -0.137. The maximum Gasteiger partial charge on any atom is 0.256 e. The maximum atomic E-state index is 13.7. The van der Waals surface area contributed by atoms with Crippen molar-refractivity contribution in [1.29, 1.82) is 0 Å². The van der Waals surface area contributed by atoms with Crippen LogP contribution in [0.3, 0.4) is 0 Å². The molecule has 2 aliphatic heterocycles. The minimum absolute atomic E-state index is 0.00976. The zero-order valence-corrected chi connectivity index (χ0v) is 13.4. The van der Waals surface area contributed by atoms with Gasteiger partial charge in [0.25, 0.3) is 5.91 Å². The molecule has 1 aromatic carbocycles. The molecule has 0 aliphatic carbocycles. The normalized spacial score (nSPS) is 21.7. The van der Waals surface area contributed by atoms with Gasteiger partial charge in [0.15, 0.2) is 0 Å². The number of rotatable bonds is 2. The van der Waals surface area contributed by atoms with Crippen molar-refractivity contribution in [1.82, 2.24) is 15.1 Å². The second-order valence-electron chi connectivity index (χ2n) is 6.28. The second kappa shape index (κ2) is 7.25. The fourth-order valence-electron chi connectivity index (χ4n) is 3.28. The van der Waals surface area contributed by atoms with Gasteiger partial charge in [0.2, 0.25) is 5.91 Å². The van der Waals surface area contributed by atoms with Crippen LogP contribution in [0.15, 0.2) is 18.2 Å². The van der Waals surface area contributed by atoms with Gasteiger partial charge in [-0.05, 0) is 31.5 Å². The molecular weight excluding hydrogens is 316 g/mol. The third-order valence-corrected chi connectivity index (χ3v) is 4.69. The highest BCUT2D eigenvalue weighted by Gasteiger charge is 2.30.